The first-order valence-electron chi connectivity index (χ1n) is 8.72. The summed E-state index contributed by atoms with van der Waals surface area (Å²) in [6, 6.07) is -5.42. The molecule has 0 fully saturated rings. The molecule has 0 heterocycles. The number of hydrogen-bond acceptors (Lipinski definition) is 8. The topological polar surface area (TPSA) is 208 Å². The zero-order valence-corrected chi connectivity index (χ0v) is 17.2. The largest absolute Gasteiger partial charge is 0.481 e. The Labute approximate surface area is 173 Å². The molecule has 0 unspecified atom stereocenters. The van der Waals surface area contributed by atoms with Crippen LogP contribution in [0.4, 0.5) is 0 Å². The van der Waals surface area contributed by atoms with Gasteiger partial charge < -0.3 is 37.0 Å². The Bertz CT molecular complexity index is 628. The van der Waals surface area contributed by atoms with Crippen LogP contribution in [0.15, 0.2) is 0 Å². The highest BCUT2D eigenvalue weighted by Crippen LogP contribution is 2.02. The van der Waals surface area contributed by atoms with Crippen LogP contribution in [0.2, 0.25) is 0 Å². The number of aliphatic hydroxyl groups is 1. The minimum absolute atomic E-state index is 0.146. The monoisotopic (exact) mass is 436 g/mol. The number of nitrogens with one attached hydrogen (secondary N) is 3. The average Bonchev–Trinajstić information content (AvgIpc) is 2.61. The summed E-state index contributed by atoms with van der Waals surface area (Å²) in [6.07, 6.45) is -2.35. The fourth-order valence-corrected chi connectivity index (χ4v) is 2.32. The molecule has 13 heteroatoms. The normalized spacial score (nSPS) is 16.1. The maximum absolute atomic E-state index is 12.4. The van der Waals surface area contributed by atoms with Gasteiger partial charge in [-0.05, 0) is 12.8 Å². The number of thiol groups is 1. The quantitative estimate of drug-likeness (QED) is 0.149. The summed E-state index contributed by atoms with van der Waals surface area (Å²) in [7, 11) is 0. The smallest absolute Gasteiger partial charge is 0.326 e. The van der Waals surface area contributed by atoms with Gasteiger partial charge in [-0.2, -0.15) is 12.6 Å². The third kappa shape index (κ3) is 9.11. The van der Waals surface area contributed by atoms with Crippen LogP contribution in [0.3, 0.4) is 0 Å². The van der Waals surface area contributed by atoms with E-state index in [1.807, 2.05) is 5.32 Å². The number of carbonyl (C=O) groups excluding carboxylic acids is 3. The average molecular weight is 436 g/mol. The van der Waals surface area contributed by atoms with Gasteiger partial charge in [0, 0.05) is 5.75 Å². The summed E-state index contributed by atoms with van der Waals surface area (Å²) >= 11 is 3.97. The number of carboxylic acids is 2. The molecule has 0 bridgehead atoms. The van der Waals surface area contributed by atoms with Gasteiger partial charge in [0.15, 0.2) is 0 Å². The minimum Gasteiger partial charge on any atom is -0.481 e. The van der Waals surface area contributed by atoms with Gasteiger partial charge in [0.05, 0.1) is 18.6 Å². The molecule has 0 aromatic rings. The van der Waals surface area contributed by atoms with Crippen molar-refractivity contribution >= 4 is 42.3 Å². The highest BCUT2D eigenvalue weighted by Gasteiger charge is 2.33. The van der Waals surface area contributed by atoms with Gasteiger partial charge in [-0.15, -0.1) is 0 Å². The third-order valence-electron chi connectivity index (χ3n) is 3.89. The Balaban J connectivity index is 5.22. The molecule has 0 spiro atoms. The van der Waals surface area contributed by atoms with Crippen LogP contribution in [0.1, 0.15) is 27.2 Å². The summed E-state index contributed by atoms with van der Waals surface area (Å²) in [5.74, 6) is -5.99. The number of aliphatic hydroxyl groups excluding tert-OH is 1. The molecule has 0 aliphatic carbocycles. The maximum Gasteiger partial charge on any atom is 0.326 e. The van der Waals surface area contributed by atoms with Gasteiger partial charge in [-0.25, -0.2) is 4.79 Å². The van der Waals surface area contributed by atoms with E-state index >= 15 is 0 Å². The van der Waals surface area contributed by atoms with Crippen molar-refractivity contribution in [1.82, 2.24) is 16.0 Å². The van der Waals surface area contributed by atoms with Crippen LogP contribution < -0.4 is 21.7 Å². The number of nitrogens with two attached hydrogens (primary N) is 1. The van der Waals surface area contributed by atoms with E-state index in [0.29, 0.717) is 0 Å². The van der Waals surface area contributed by atoms with E-state index in [2.05, 4.69) is 23.3 Å². The first kappa shape index (κ1) is 26.6. The molecule has 0 aliphatic rings. The molecular weight excluding hydrogens is 408 g/mol. The Morgan fingerprint density at radius 1 is 0.897 bits per heavy atom. The first-order chi connectivity index (χ1) is 13.3. The predicted octanol–water partition coefficient (Wildman–Crippen LogP) is -2.71. The number of carboxylic acid groups (broad SMARTS) is 2. The number of aliphatic carboxylic acids is 2. The van der Waals surface area contributed by atoms with Crippen LogP contribution >= 0.6 is 12.6 Å². The highest BCUT2D eigenvalue weighted by atomic mass is 32.1. The summed E-state index contributed by atoms with van der Waals surface area (Å²) in [5, 5.41) is 34.0. The summed E-state index contributed by atoms with van der Waals surface area (Å²) in [6.45, 7) is 4.59. The molecule has 0 aromatic heterocycles. The van der Waals surface area contributed by atoms with E-state index in [1.165, 1.54) is 6.92 Å². The SMILES string of the molecule is CC(C)[C@H](N)C(=O)N[C@@H](CS)C(=O)N[C@H](C(=O)N[C@@H](CC(=O)O)C(=O)O)[C@@H](C)O. The summed E-state index contributed by atoms with van der Waals surface area (Å²) < 4.78 is 0. The molecule has 29 heavy (non-hydrogen) atoms. The second-order valence-corrected chi connectivity index (χ2v) is 7.10. The summed E-state index contributed by atoms with van der Waals surface area (Å²) in [5.41, 5.74) is 5.71. The van der Waals surface area contributed by atoms with E-state index in [1.54, 1.807) is 13.8 Å². The molecule has 3 amide bonds. The first-order valence-corrected chi connectivity index (χ1v) is 9.35. The van der Waals surface area contributed by atoms with Gasteiger partial charge in [-0.1, -0.05) is 13.8 Å². The van der Waals surface area contributed by atoms with Crippen molar-refractivity contribution in [1.29, 1.82) is 0 Å². The van der Waals surface area contributed by atoms with E-state index in [9.17, 15) is 29.1 Å². The Morgan fingerprint density at radius 2 is 1.41 bits per heavy atom. The van der Waals surface area contributed by atoms with Crippen molar-refractivity contribution in [3.05, 3.63) is 0 Å². The lowest BCUT2D eigenvalue weighted by molar-refractivity contribution is -0.147. The lowest BCUT2D eigenvalue weighted by Gasteiger charge is -2.26. The van der Waals surface area contributed by atoms with Crippen LogP contribution in [0, 0.1) is 5.92 Å². The molecule has 0 aromatic carbocycles. The molecule has 166 valence electrons. The van der Waals surface area contributed by atoms with Crippen LogP contribution in [-0.2, 0) is 24.0 Å². The number of rotatable bonds is 12. The molecule has 12 nitrogen and oxygen atoms in total. The molecule has 0 aliphatic heterocycles. The lowest BCUT2D eigenvalue weighted by Crippen LogP contribution is -2.60. The second-order valence-electron chi connectivity index (χ2n) is 6.74. The number of amides is 3. The van der Waals surface area contributed by atoms with Crippen molar-refractivity contribution < 1.29 is 39.3 Å². The zero-order chi connectivity index (χ0) is 22.9. The summed E-state index contributed by atoms with van der Waals surface area (Å²) in [4.78, 5) is 58.5. The third-order valence-corrected chi connectivity index (χ3v) is 4.26. The Kier molecular flexibility index (Phi) is 11.2. The number of carbonyl (C=O) groups is 5. The molecule has 8 N–H and O–H groups in total. The van der Waals surface area contributed by atoms with Gasteiger partial charge in [0.25, 0.3) is 0 Å². The fourth-order valence-electron chi connectivity index (χ4n) is 2.06. The molecule has 0 rings (SSSR count). The molecule has 5 atom stereocenters. The fraction of sp³-hybridized carbons (Fsp3) is 0.688. The van der Waals surface area contributed by atoms with Gasteiger partial charge in [-0.3, -0.25) is 19.2 Å². The maximum atomic E-state index is 12.4. The van der Waals surface area contributed by atoms with Crippen molar-refractivity contribution in [3.8, 4) is 0 Å². The zero-order valence-electron chi connectivity index (χ0n) is 16.3. The van der Waals surface area contributed by atoms with Gasteiger partial charge in [0.2, 0.25) is 17.7 Å². The Morgan fingerprint density at radius 3 is 1.79 bits per heavy atom. The lowest BCUT2D eigenvalue weighted by atomic mass is 10.0. The standard InChI is InChI=1S/C16H28N4O8S/c1-6(2)11(17)14(25)19-9(5-29)13(24)20-12(7(3)21)15(26)18-8(16(27)28)4-10(22)23/h6-9,11-12,21,29H,4-5,17H2,1-3H3,(H,18,26)(H,19,25)(H,20,24)(H,22,23)(H,27,28)/t7-,8+,9+,11+,12+/m1/s1. The van der Waals surface area contributed by atoms with E-state index in [0.717, 1.165) is 0 Å². The van der Waals surface area contributed by atoms with Crippen molar-refractivity contribution in [2.24, 2.45) is 11.7 Å². The predicted molar refractivity (Wildman–Crippen MR) is 104 cm³/mol. The van der Waals surface area contributed by atoms with Crippen LogP contribution in [-0.4, -0.2) is 81.0 Å². The van der Waals surface area contributed by atoms with Crippen LogP contribution in [0.5, 0.6) is 0 Å². The molecular formula is C16H28N4O8S. The van der Waals surface area contributed by atoms with E-state index < -0.39 is 66.4 Å². The minimum atomic E-state index is -1.76. The van der Waals surface area contributed by atoms with E-state index in [-0.39, 0.29) is 11.7 Å². The molecule has 0 saturated carbocycles. The molecule has 0 saturated heterocycles. The van der Waals surface area contributed by atoms with Gasteiger partial charge >= 0.3 is 11.9 Å². The highest BCUT2D eigenvalue weighted by molar-refractivity contribution is 7.80. The second kappa shape index (κ2) is 12.2. The molecule has 0 radical (unpaired) electrons. The van der Waals surface area contributed by atoms with Gasteiger partial charge in [0.1, 0.15) is 18.1 Å². The van der Waals surface area contributed by atoms with Crippen LogP contribution in [0.25, 0.3) is 0 Å². The van der Waals surface area contributed by atoms with Crippen molar-refractivity contribution in [2.75, 3.05) is 5.75 Å². The van der Waals surface area contributed by atoms with Crippen molar-refractivity contribution in [2.45, 2.75) is 57.5 Å². The Hall–Kier alpha value is -2.38. The number of hydrogen-bond donors (Lipinski definition) is 8. The van der Waals surface area contributed by atoms with Crippen molar-refractivity contribution in [3.63, 3.8) is 0 Å². The van der Waals surface area contributed by atoms with E-state index in [4.69, 9.17) is 15.9 Å².